The standard InChI is InChI=1S/C13H18N5O6P/c1-23-12(19)13(25(20,21)22)24-8-3-2-7(4-8)18-6-17-9-10(14)15-5-16-11(9)18/h5-8,13H,2-4H2,1H3,(H2,14,15,16)(H2,20,21,22)/t7-,8+,13?/m1/s1. The largest absolute Gasteiger partial charge is 0.467 e. The molecule has 0 aromatic carbocycles. The minimum Gasteiger partial charge on any atom is -0.467 e. The summed E-state index contributed by atoms with van der Waals surface area (Å²) in [7, 11) is -3.73. The van der Waals surface area contributed by atoms with Gasteiger partial charge in [0, 0.05) is 6.04 Å². The number of hydrogen-bond acceptors (Lipinski definition) is 8. The Morgan fingerprint density at radius 1 is 1.40 bits per heavy atom. The van der Waals surface area contributed by atoms with Crippen LogP contribution in [-0.4, -0.2) is 54.3 Å². The zero-order valence-electron chi connectivity index (χ0n) is 13.3. The lowest BCUT2D eigenvalue weighted by molar-refractivity contribution is -0.152. The number of rotatable bonds is 5. The van der Waals surface area contributed by atoms with Crippen molar-refractivity contribution in [2.45, 2.75) is 37.3 Å². The van der Waals surface area contributed by atoms with Gasteiger partial charge in [-0.1, -0.05) is 0 Å². The predicted molar refractivity (Wildman–Crippen MR) is 85.3 cm³/mol. The molecular formula is C13H18N5O6P. The van der Waals surface area contributed by atoms with Crippen LogP contribution in [0.15, 0.2) is 12.7 Å². The third-order valence-corrected chi connectivity index (χ3v) is 5.11. The summed E-state index contributed by atoms with van der Waals surface area (Å²) in [6.45, 7) is 0. The van der Waals surface area contributed by atoms with Gasteiger partial charge in [0.15, 0.2) is 11.5 Å². The molecular weight excluding hydrogens is 353 g/mol. The number of imidazole rings is 1. The smallest absolute Gasteiger partial charge is 0.365 e. The lowest BCUT2D eigenvalue weighted by atomic mass is 10.2. The van der Waals surface area contributed by atoms with Crippen molar-refractivity contribution in [2.75, 3.05) is 12.8 Å². The maximum atomic E-state index is 11.6. The van der Waals surface area contributed by atoms with Crippen molar-refractivity contribution < 1.29 is 28.6 Å². The van der Waals surface area contributed by atoms with E-state index in [-0.39, 0.29) is 11.9 Å². The molecule has 1 aliphatic carbocycles. The Kier molecular flexibility index (Phi) is 4.74. The summed E-state index contributed by atoms with van der Waals surface area (Å²) in [5.41, 5.74) is 6.84. The van der Waals surface area contributed by atoms with E-state index in [9.17, 15) is 19.1 Å². The first-order valence-electron chi connectivity index (χ1n) is 7.52. The Bertz CT molecular complexity index is 835. The number of carbonyl (C=O) groups excluding carboxylic acids is 1. The summed E-state index contributed by atoms with van der Waals surface area (Å²) in [6, 6.07) is -0.0423. The van der Waals surface area contributed by atoms with Gasteiger partial charge in [0.1, 0.15) is 11.8 Å². The van der Waals surface area contributed by atoms with Crippen molar-refractivity contribution in [3.8, 4) is 0 Å². The number of aromatic nitrogens is 4. The quantitative estimate of drug-likeness (QED) is 0.488. The van der Waals surface area contributed by atoms with Gasteiger partial charge in [-0.15, -0.1) is 0 Å². The molecule has 4 N–H and O–H groups in total. The van der Waals surface area contributed by atoms with E-state index in [0.29, 0.717) is 30.4 Å². The summed E-state index contributed by atoms with van der Waals surface area (Å²) in [5, 5.41) is 0. The fraction of sp³-hybridized carbons (Fsp3) is 0.538. The molecule has 0 aliphatic heterocycles. The number of nitrogen functional groups attached to an aromatic ring is 1. The highest BCUT2D eigenvalue weighted by Crippen LogP contribution is 2.45. The van der Waals surface area contributed by atoms with E-state index in [1.165, 1.54) is 6.33 Å². The molecule has 2 heterocycles. The molecule has 1 fully saturated rings. The van der Waals surface area contributed by atoms with Crippen molar-refractivity contribution >= 4 is 30.5 Å². The van der Waals surface area contributed by atoms with Crippen LogP contribution in [0.1, 0.15) is 25.3 Å². The summed E-state index contributed by atoms with van der Waals surface area (Å²) in [4.78, 5) is 42.5. The van der Waals surface area contributed by atoms with Crippen molar-refractivity contribution in [3.05, 3.63) is 12.7 Å². The van der Waals surface area contributed by atoms with Gasteiger partial charge in [0.25, 0.3) is 5.85 Å². The molecule has 3 rings (SSSR count). The molecule has 0 saturated heterocycles. The first kappa shape index (κ1) is 17.7. The summed E-state index contributed by atoms with van der Waals surface area (Å²) in [6.07, 6.45) is 4.10. The minimum atomic E-state index is -4.78. The van der Waals surface area contributed by atoms with E-state index in [4.69, 9.17) is 10.5 Å². The SMILES string of the molecule is COC(=O)C(O[C@H]1CC[C@@H](n2cnc3c(N)ncnc32)C1)P(=O)(O)O. The Hall–Kier alpha value is -2.07. The van der Waals surface area contributed by atoms with Crippen LogP contribution in [0.3, 0.4) is 0 Å². The second-order valence-electron chi connectivity index (χ2n) is 5.77. The molecule has 2 aromatic rings. The topological polar surface area (TPSA) is 163 Å². The van der Waals surface area contributed by atoms with Gasteiger partial charge in [-0.25, -0.2) is 19.7 Å². The molecule has 12 heteroatoms. The van der Waals surface area contributed by atoms with Crippen LogP contribution in [0.2, 0.25) is 0 Å². The van der Waals surface area contributed by atoms with Crippen LogP contribution >= 0.6 is 7.60 Å². The van der Waals surface area contributed by atoms with Gasteiger partial charge in [-0.3, -0.25) is 4.57 Å². The number of nitrogens with two attached hydrogens (primary N) is 1. The molecule has 0 radical (unpaired) electrons. The van der Waals surface area contributed by atoms with E-state index in [1.54, 1.807) is 6.33 Å². The van der Waals surface area contributed by atoms with Crippen molar-refractivity contribution in [3.63, 3.8) is 0 Å². The number of ether oxygens (including phenoxy) is 2. The van der Waals surface area contributed by atoms with Gasteiger partial charge in [0.2, 0.25) is 0 Å². The number of nitrogens with zero attached hydrogens (tertiary/aromatic N) is 4. The lowest BCUT2D eigenvalue weighted by Gasteiger charge is -2.21. The summed E-state index contributed by atoms with van der Waals surface area (Å²) >= 11 is 0. The van der Waals surface area contributed by atoms with E-state index in [2.05, 4.69) is 19.7 Å². The molecule has 3 atom stereocenters. The molecule has 1 saturated carbocycles. The zero-order valence-corrected chi connectivity index (χ0v) is 14.2. The van der Waals surface area contributed by atoms with Crippen molar-refractivity contribution in [2.24, 2.45) is 0 Å². The van der Waals surface area contributed by atoms with Crippen molar-refractivity contribution in [1.82, 2.24) is 19.5 Å². The number of esters is 1. The summed E-state index contributed by atoms with van der Waals surface area (Å²) < 4.78 is 23.1. The Morgan fingerprint density at radius 2 is 2.16 bits per heavy atom. The zero-order chi connectivity index (χ0) is 18.2. The van der Waals surface area contributed by atoms with E-state index < -0.39 is 25.5 Å². The Labute approximate surface area is 142 Å². The lowest BCUT2D eigenvalue weighted by Crippen LogP contribution is -2.29. The van der Waals surface area contributed by atoms with Crippen LogP contribution in [-0.2, 0) is 18.8 Å². The maximum absolute atomic E-state index is 11.6. The van der Waals surface area contributed by atoms with Gasteiger partial charge in [-0.05, 0) is 19.3 Å². The molecule has 25 heavy (non-hydrogen) atoms. The molecule has 0 amide bonds. The van der Waals surface area contributed by atoms with Crippen LogP contribution in [0.25, 0.3) is 11.2 Å². The normalized spacial score (nSPS) is 22.2. The fourth-order valence-electron chi connectivity index (χ4n) is 2.99. The van der Waals surface area contributed by atoms with Crippen LogP contribution in [0, 0.1) is 0 Å². The number of carbonyl (C=O) groups is 1. The fourth-order valence-corrected chi connectivity index (χ4v) is 3.70. The van der Waals surface area contributed by atoms with Crippen molar-refractivity contribution in [1.29, 1.82) is 0 Å². The number of fused-ring (bicyclic) bond motifs is 1. The van der Waals surface area contributed by atoms with Crippen LogP contribution < -0.4 is 5.73 Å². The predicted octanol–water partition coefficient (Wildman–Crippen LogP) is 0.196. The van der Waals surface area contributed by atoms with Gasteiger partial charge in [-0.2, -0.15) is 0 Å². The number of anilines is 1. The highest BCUT2D eigenvalue weighted by molar-refractivity contribution is 7.53. The van der Waals surface area contributed by atoms with Gasteiger partial charge >= 0.3 is 13.6 Å². The van der Waals surface area contributed by atoms with E-state index in [0.717, 1.165) is 7.11 Å². The van der Waals surface area contributed by atoms with Crippen LogP contribution in [0.5, 0.6) is 0 Å². The first-order valence-corrected chi connectivity index (χ1v) is 9.21. The molecule has 1 aliphatic rings. The third-order valence-electron chi connectivity index (χ3n) is 4.17. The van der Waals surface area contributed by atoms with Crippen LogP contribution in [0.4, 0.5) is 5.82 Å². The molecule has 136 valence electrons. The number of methoxy groups -OCH3 is 1. The Balaban J connectivity index is 1.76. The summed E-state index contributed by atoms with van der Waals surface area (Å²) in [5.74, 6) is -2.73. The van der Waals surface area contributed by atoms with Gasteiger partial charge in [0.05, 0.1) is 19.5 Å². The monoisotopic (exact) mass is 371 g/mol. The Morgan fingerprint density at radius 3 is 2.84 bits per heavy atom. The van der Waals surface area contributed by atoms with Gasteiger partial charge < -0.3 is 29.6 Å². The first-order chi connectivity index (χ1) is 11.8. The minimum absolute atomic E-state index is 0.0423. The van der Waals surface area contributed by atoms with E-state index >= 15 is 0 Å². The number of hydrogen-bond donors (Lipinski definition) is 3. The molecule has 2 aromatic heterocycles. The third kappa shape index (κ3) is 3.49. The molecule has 11 nitrogen and oxygen atoms in total. The second kappa shape index (κ2) is 6.68. The average molecular weight is 371 g/mol. The highest BCUT2D eigenvalue weighted by atomic mass is 31.2. The molecule has 1 unspecified atom stereocenters. The van der Waals surface area contributed by atoms with E-state index in [1.807, 2.05) is 4.57 Å². The second-order valence-corrected chi connectivity index (χ2v) is 7.42. The molecule has 0 bridgehead atoms. The average Bonchev–Trinajstić information content (AvgIpc) is 3.17. The molecule has 0 spiro atoms. The maximum Gasteiger partial charge on any atom is 0.365 e. The highest BCUT2D eigenvalue weighted by Gasteiger charge is 2.41.